The van der Waals surface area contributed by atoms with Gasteiger partial charge in [-0.1, -0.05) is 24.3 Å². The lowest BCUT2D eigenvalue weighted by molar-refractivity contribution is 0.201. The van der Waals surface area contributed by atoms with Crippen LogP contribution in [0, 0.1) is 0 Å². The third kappa shape index (κ3) is 4.74. The second kappa shape index (κ2) is 8.95. The first kappa shape index (κ1) is 19.5. The molecule has 0 saturated carbocycles. The van der Waals surface area contributed by atoms with Crippen LogP contribution in [-0.2, 0) is 17.7 Å². The minimum Gasteiger partial charge on any atom is -0.391 e. The highest BCUT2D eigenvalue weighted by Gasteiger charge is 2.38. The SMILES string of the molecule is CCO[Si](C)(OCC)c1cccc([Si](C)(OCC)OCC)c1. The number of benzene rings is 1. The molecule has 0 atom stereocenters. The van der Waals surface area contributed by atoms with Crippen molar-refractivity contribution in [3.05, 3.63) is 24.3 Å². The molecule has 0 aliphatic rings. The van der Waals surface area contributed by atoms with Crippen LogP contribution in [-0.4, -0.2) is 43.5 Å². The van der Waals surface area contributed by atoms with Gasteiger partial charge in [0.05, 0.1) is 0 Å². The first-order valence-electron chi connectivity index (χ1n) is 8.12. The topological polar surface area (TPSA) is 36.9 Å². The summed E-state index contributed by atoms with van der Waals surface area (Å²) in [5, 5.41) is 2.26. The molecule has 0 aliphatic heterocycles. The fourth-order valence-corrected chi connectivity index (χ4v) is 7.42. The highest BCUT2D eigenvalue weighted by molar-refractivity contribution is 6.83. The van der Waals surface area contributed by atoms with E-state index in [2.05, 4.69) is 37.4 Å². The molecule has 0 aromatic heterocycles. The third-order valence-electron chi connectivity index (χ3n) is 3.59. The van der Waals surface area contributed by atoms with Crippen molar-refractivity contribution >= 4 is 27.5 Å². The highest BCUT2D eigenvalue weighted by atomic mass is 28.4. The normalized spacial score (nSPS) is 12.6. The summed E-state index contributed by atoms with van der Waals surface area (Å²) in [7, 11) is -4.74. The van der Waals surface area contributed by atoms with Crippen molar-refractivity contribution in [3.63, 3.8) is 0 Å². The molecule has 1 aromatic rings. The van der Waals surface area contributed by atoms with Crippen LogP contribution < -0.4 is 10.4 Å². The minimum absolute atomic E-state index is 0.651. The summed E-state index contributed by atoms with van der Waals surface area (Å²) in [5.41, 5.74) is 0. The summed E-state index contributed by atoms with van der Waals surface area (Å²) in [5.74, 6) is 0. The summed E-state index contributed by atoms with van der Waals surface area (Å²) in [6, 6.07) is 8.40. The zero-order valence-corrected chi connectivity index (χ0v) is 16.8. The van der Waals surface area contributed by atoms with Crippen LogP contribution in [0.2, 0.25) is 13.1 Å². The third-order valence-corrected chi connectivity index (χ3v) is 9.67. The fraction of sp³-hybridized carbons (Fsp3) is 0.625. The van der Waals surface area contributed by atoms with E-state index >= 15 is 0 Å². The van der Waals surface area contributed by atoms with Gasteiger partial charge in [0.1, 0.15) is 0 Å². The summed E-state index contributed by atoms with van der Waals surface area (Å²) < 4.78 is 24.0. The van der Waals surface area contributed by atoms with Gasteiger partial charge in [-0.15, -0.1) is 0 Å². The molecule has 0 aliphatic carbocycles. The van der Waals surface area contributed by atoms with Crippen LogP contribution in [0.15, 0.2) is 24.3 Å². The van der Waals surface area contributed by atoms with Crippen molar-refractivity contribution in [2.75, 3.05) is 26.4 Å². The molecule has 126 valence electrons. The Morgan fingerprint density at radius 1 is 0.682 bits per heavy atom. The van der Waals surface area contributed by atoms with Crippen LogP contribution in [0.4, 0.5) is 0 Å². The molecule has 0 spiro atoms. The average Bonchev–Trinajstić information content (AvgIpc) is 2.48. The summed E-state index contributed by atoms with van der Waals surface area (Å²) in [6.45, 7) is 14.8. The van der Waals surface area contributed by atoms with E-state index in [0.717, 1.165) is 10.4 Å². The van der Waals surface area contributed by atoms with E-state index in [-0.39, 0.29) is 0 Å². The number of rotatable bonds is 10. The molecule has 0 amide bonds. The van der Waals surface area contributed by atoms with E-state index in [0.29, 0.717) is 26.4 Å². The van der Waals surface area contributed by atoms with E-state index in [9.17, 15) is 0 Å². The number of hydrogen-bond donors (Lipinski definition) is 0. The standard InChI is InChI=1S/C16H30O4Si2/c1-7-17-21(5,18-8-2)15-12-11-13-16(14-15)22(6,19-9-3)20-10-4/h11-14H,7-10H2,1-6H3. The first-order chi connectivity index (χ1) is 10.5. The molecule has 22 heavy (non-hydrogen) atoms. The van der Waals surface area contributed by atoms with Gasteiger partial charge >= 0.3 is 17.1 Å². The molecule has 0 fully saturated rings. The zero-order chi connectivity index (χ0) is 16.6. The largest absolute Gasteiger partial charge is 0.391 e. The Labute approximate surface area is 137 Å². The molecular weight excluding hydrogens is 312 g/mol. The maximum absolute atomic E-state index is 5.99. The molecule has 0 radical (unpaired) electrons. The lowest BCUT2D eigenvalue weighted by atomic mass is 10.4. The second-order valence-corrected chi connectivity index (χ2v) is 11.3. The monoisotopic (exact) mass is 342 g/mol. The van der Waals surface area contributed by atoms with E-state index in [1.54, 1.807) is 0 Å². The Balaban J connectivity index is 3.20. The van der Waals surface area contributed by atoms with Gasteiger partial charge in [0.25, 0.3) is 0 Å². The van der Waals surface area contributed by atoms with Crippen LogP contribution in [0.1, 0.15) is 27.7 Å². The van der Waals surface area contributed by atoms with Gasteiger partial charge in [0, 0.05) is 26.4 Å². The second-order valence-electron chi connectivity index (χ2n) is 5.20. The molecule has 0 saturated heterocycles. The van der Waals surface area contributed by atoms with Gasteiger partial charge in [0.2, 0.25) is 0 Å². The van der Waals surface area contributed by atoms with E-state index in [1.807, 2.05) is 27.7 Å². The average molecular weight is 343 g/mol. The number of hydrogen-bond acceptors (Lipinski definition) is 4. The van der Waals surface area contributed by atoms with Gasteiger partial charge in [-0.2, -0.15) is 0 Å². The highest BCUT2D eigenvalue weighted by Crippen LogP contribution is 2.11. The van der Waals surface area contributed by atoms with Crippen molar-refractivity contribution < 1.29 is 17.7 Å². The molecule has 1 aromatic carbocycles. The van der Waals surface area contributed by atoms with E-state index in [4.69, 9.17) is 17.7 Å². The van der Waals surface area contributed by atoms with Crippen LogP contribution in [0.5, 0.6) is 0 Å². The Morgan fingerprint density at radius 3 is 1.27 bits per heavy atom. The Kier molecular flexibility index (Phi) is 7.95. The van der Waals surface area contributed by atoms with E-state index in [1.165, 1.54) is 0 Å². The Hall–Kier alpha value is -0.506. The van der Waals surface area contributed by atoms with E-state index < -0.39 is 17.1 Å². The maximum atomic E-state index is 5.99. The van der Waals surface area contributed by atoms with Crippen molar-refractivity contribution in [1.82, 2.24) is 0 Å². The van der Waals surface area contributed by atoms with Crippen LogP contribution >= 0.6 is 0 Å². The molecule has 0 bridgehead atoms. The molecular formula is C16H30O4Si2. The lowest BCUT2D eigenvalue weighted by Crippen LogP contribution is -2.56. The predicted molar refractivity (Wildman–Crippen MR) is 95.5 cm³/mol. The van der Waals surface area contributed by atoms with Gasteiger partial charge in [-0.25, -0.2) is 0 Å². The summed E-state index contributed by atoms with van der Waals surface area (Å²) in [4.78, 5) is 0. The predicted octanol–water partition coefficient (Wildman–Crippen LogP) is 2.39. The van der Waals surface area contributed by atoms with Crippen molar-refractivity contribution in [2.24, 2.45) is 0 Å². The summed E-state index contributed by atoms with van der Waals surface area (Å²) in [6.07, 6.45) is 0. The Morgan fingerprint density at radius 2 is 1.00 bits per heavy atom. The van der Waals surface area contributed by atoms with Crippen molar-refractivity contribution in [3.8, 4) is 0 Å². The molecule has 6 heteroatoms. The van der Waals surface area contributed by atoms with Crippen molar-refractivity contribution in [2.45, 2.75) is 40.8 Å². The minimum atomic E-state index is -2.37. The van der Waals surface area contributed by atoms with Gasteiger partial charge in [-0.3, -0.25) is 0 Å². The molecule has 0 heterocycles. The maximum Gasteiger partial charge on any atom is 0.369 e. The van der Waals surface area contributed by atoms with Crippen LogP contribution in [0.3, 0.4) is 0 Å². The van der Waals surface area contributed by atoms with Crippen molar-refractivity contribution in [1.29, 1.82) is 0 Å². The Bertz CT molecular complexity index is 404. The summed E-state index contributed by atoms with van der Waals surface area (Å²) >= 11 is 0. The molecule has 0 unspecified atom stereocenters. The molecule has 0 N–H and O–H groups in total. The zero-order valence-electron chi connectivity index (χ0n) is 14.8. The van der Waals surface area contributed by atoms with Gasteiger partial charge in [0.15, 0.2) is 0 Å². The molecule has 1 rings (SSSR count). The van der Waals surface area contributed by atoms with Gasteiger partial charge in [-0.05, 0) is 51.2 Å². The smallest absolute Gasteiger partial charge is 0.369 e. The lowest BCUT2D eigenvalue weighted by Gasteiger charge is -2.30. The molecule has 4 nitrogen and oxygen atoms in total. The first-order valence-corrected chi connectivity index (χ1v) is 12.8. The van der Waals surface area contributed by atoms with Crippen LogP contribution in [0.25, 0.3) is 0 Å². The fourth-order valence-electron chi connectivity index (χ4n) is 2.60. The van der Waals surface area contributed by atoms with Gasteiger partial charge < -0.3 is 17.7 Å². The quantitative estimate of drug-likeness (QED) is 0.612.